The van der Waals surface area contributed by atoms with Crippen LogP contribution in [0, 0.1) is 13.8 Å². The van der Waals surface area contributed by atoms with E-state index in [0.717, 1.165) is 35.0 Å². The van der Waals surface area contributed by atoms with Gasteiger partial charge in [0.1, 0.15) is 12.0 Å². The highest BCUT2D eigenvalue weighted by molar-refractivity contribution is 5.79. The van der Waals surface area contributed by atoms with Crippen molar-refractivity contribution in [3.05, 3.63) is 71.1 Å². The second-order valence-corrected chi connectivity index (χ2v) is 6.93. The minimum absolute atomic E-state index is 0.630. The molecule has 0 amide bonds. The maximum absolute atomic E-state index is 5.62. The molecule has 0 aliphatic carbocycles. The first-order valence-corrected chi connectivity index (χ1v) is 9.68. The fourth-order valence-electron chi connectivity index (χ4n) is 2.96. The molecule has 29 heavy (non-hydrogen) atoms. The van der Waals surface area contributed by atoms with E-state index in [2.05, 4.69) is 51.8 Å². The number of rotatable bonds is 7. The third-order valence-electron chi connectivity index (χ3n) is 4.64. The lowest BCUT2D eigenvalue weighted by atomic mass is 10.1. The maximum atomic E-state index is 5.62. The molecule has 0 atom stereocenters. The fourth-order valence-corrected chi connectivity index (χ4v) is 2.96. The standard InChI is InChI=1S/C23H28N4O2/c1-16-5-8-18(9-6-16)22-27-20(15-29-22)11-12-25-23(24-3)26-14-19-10-7-17(2)13-21(19)28-4/h5-10,13,15H,11-12,14H2,1-4H3,(H2,24,25,26). The van der Waals surface area contributed by atoms with Crippen LogP contribution in [0.15, 0.2) is 58.1 Å². The molecular weight excluding hydrogens is 364 g/mol. The number of aromatic nitrogens is 1. The summed E-state index contributed by atoms with van der Waals surface area (Å²) in [5.41, 5.74) is 5.36. The van der Waals surface area contributed by atoms with E-state index >= 15 is 0 Å². The van der Waals surface area contributed by atoms with Gasteiger partial charge in [0.05, 0.1) is 12.8 Å². The second-order valence-electron chi connectivity index (χ2n) is 6.93. The smallest absolute Gasteiger partial charge is 0.226 e. The molecule has 1 aromatic heterocycles. The molecule has 3 aromatic rings. The fraction of sp³-hybridized carbons (Fsp3) is 0.304. The van der Waals surface area contributed by atoms with Gasteiger partial charge in [-0.05, 0) is 37.6 Å². The van der Waals surface area contributed by atoms with Gasteiger partial charge in [-0.1, -0.05) is 29.8 Å². The van der Waals surface area contributed by atoms with Gasteiger partial charge in [0.2, 0.25) is 5.89 Å². The third-order valence-corrected chi connectivity index (χ3v) is 4.64. The van der Waals surface area contributed by atoms with Crippen LogP contribution in [0.25, 0.3) is 11.5 Å². The summed E-state index contributed by atoms with van der Waals surface area (Å²) >= 11 is 0. The number of nitrogens with one attached hydrogen (secondary N) is 2. The lowest BCUT2D eigenvalue weighted by molar-refractivity contribution is 0.408. The van der Waals surface area contributed by atoms with Crippen molar-refractivity contribution in [2.24, 2.45) is 4.99 Å². The van der Waals surface area contributed by atoms with Crippen LogP contribution in [0.5, 0.6) is 5.75 Å². The van der Waals surface area contributed by atoms with Gasteiger partial charge in [-0.15, -0.1) is 0 Å². The molecule has 0 saturated heterocycles. The predicted octanol–water partition coefficient (Wildman–Crippen LogP) is 3.87. The molecular formula is C23H28N4O2. The van der Waals surface area contributed by atoms with Gasteiger partial charge in [-0.3, -0.25) is 4.99 Å². The Labute approximate surface area is 172 Å². The van der Waals surface area contributed by atoms with Gasteiger partial charge >= 0.3 is 0 Å². The molecule has 0 radical (unpaired) electrons. The van der Waals surface area contributed by atoms with Crippen LogP contribution in [0.3, 0.4) is 0 Å². The number of oxazole rings is 1. The summed E-state index contributed by atoms with van der Waals surface area (Å²) in [4.78, 5) is 8.85. The Bertz CT molecular complexity index is 961. The Morgan fingerprint density at radius 1 is 1.07 bits per heavy atom. The van der Waals surface area contributed by atoms with Gasteiger partial charge in [0.15, 0.2) is 5.96 Å². The van der Waals surface area contributed by atoms with E-state index < -0.39 is 0 Å². The van der Waals surface area contributed by atoms with E-state index in [1.807, 2.05) is 25.1 Å². The Hall–Kier alpha value is -3.28. The van der Waals surface area contributed by atoms with Gasteiger partial charge < -0.3 is 19.8 Å². The SMILES string of the molecule is CN=C(NCCc1coc(-c2ccc(C)cc2)n1)NCc1ccc(C)cc1OC. The molecule has 0 aliphatic heterocycles. The first kappa shape index (κ1) is 20.5. The number of hydrogen-bond donors (Lipinski definition) is 2. The molecule has 3 rings (SSSR count). The predicted molar refractivity (Wildman–Crippen MR) is 116 cm³/mol. The molecule has 6 heteroatoms. The van der Waals surface area contributed by atoms with E-state index in [1.165, 1.54) is 11.1 Å². The first-order valence-electron chi connectivity index (χ1n) is 9.68. The largest absolute Gasteiger partial charge is 0.496 e. The molecule has 0 saturated carbocycles. The maximum Gasteiger partial charge on any atom is 0.226 e. The van der Waals surface area contributed by atoms with Crippen molar-refractivity contribution in [1.82, 2.24) is 15.6 Å². The molecule has 0 spiro atoms. The van der Waals surface area contributed by atoms with E-state index in [1.54, 1.807) is 20.4 Å². The Morgan fingerprint density at radius 3 is 2.55 bits per heavy atom. The van der Waals surface area contributed by atoms with Crippen molar-refractivity contribution < 1.29 is 9.15 Å². The molecule has 0 unspecified atom stereocenters. The highest BCUT2D eigenvalue weighted by Gasteiger charge is 2.08. The van der Waals surface area contributed by atoms with Gasteiger partial charge in [0.25, 0.3) is 0 Å². The summed E-state index contributed by atoms with van der Waals surface area (Å²) in [5, 5.41) is 6.63. The highest BCUT2D eigenvalue weighted by Crippen LogP contribution is 2.20. The van der Waals surface area contributed by atoms with Crippen LogP contribution in [0.4, 0.5) is 0 Å². The third kappa shape index (κ3) is 5.60. The van der Waals surface area contributed by atoms with Crippen molar-refractivity contribution in [1.29, 1.82) is 0 Å². The van der Waals surface area contributed by atoms with E-state index in [-0.39, 0.29) is 0 Å². The molecule has 0 fully saturated rings. The normalized spacial score (nSPS) is 11.4. The van der Waals surface area contributed by atoms with Crippen LogP contribution in [-0.2, 0) is 13.0 Å². The second kappa shape index (κ2) is 9.78. The molecule has 6 nitrogen and oxygen atoms in total. The van der Waals surface area contributed by atoms with Crippen molar-refractivity contribution >= 4 is 5.96 Å². The average Bonchev–Trinajstić information content (AvgIpc) is 3.20. The summed E-state index contributed by atoms with van der Waals surface area (Å²) in [7, 11) is 3.45. The summed E-state index contributed by atoms with van der Waals surface area (Å²) in [6, 6.07) is 14.3. The van der Waals surface area contributed by atoms with E-state index in [4.69, 9.17) is 9.15 Å². The van der Waals surface area contributed by atoms with Crippen LogP contribution in [-0.4, -0.2) is 31.6 Å². The van der Waals surface area contributed by atoms with Crippen molar-refractivity contribution in [2.45, 2.75) is 26.8 Å². The van der Waals surface area contributed by atoms with Crippen LogP contribution >= 0.6 is 0 Å². The minimum Gasteiger partial charge on any atom is -0.496 e. The molecule has 152 valence electrons. The zero-order valence-electron chi connectivity index (χ0n) is 17.5. The number of benzene rings is 2. The number of hydrogen-bond acceptors (Lipinski definition) is 4. The monoisotopic (exact) mass is 392 g/mol. The first-order chi connectivity index (χ1) is 14.1. The average molecular weight is 393 g/mol. The Kier molecular flexibility index (Phi) is 6.89. The summed E-state index contributed by atoms with van der Waals surface area (Å²) in [6.45, 7) is 5.44. The summed E-state index contributed by atoms with van der Waals surface area (Å²) in [5.74, 6) is 2.25. The van der Waals surface area contributed by atoms with Crippen LogP contribution < -0.4 is 15.4 Å². The van der Waals surface area contributed by atoms with Crippen molar-refractivity contribution in [2.75, 3.05) is 20.7 Å². The van der Waals surface area contributed by atoms with E-state index in [0.29, 0.717) is 19.0 Å². The zero-order chi connectivity index (χ0) is 20.6. The minimum atomic E-state index is 0.630. The van der Waals surface area contributed by atoms with Crippen molar-refractivity contribution in [3.63, 3.8) is 0 Å². The topological polar surface area (TPSA) is 71.7 Å². The van der Waals surface area contributed by atoms with Gasteiger partial charge in [-0.25, -0.2) is 4.98 Å². The van der Waals surface area contributed by atoms with Crippen LogP contribution in [0.1, 0.15) is 22.4 Å². The summed E-state index contributed by atoms with van der Waals surface area (Å²) < 4.78 is 11.1. The quantitative estimate of drug-likeness (QED) is 0.472. The number of ether oxygens (including phenoxy) is 1. The highest BCUT2D eigenvalue weighted by atomic mass is 16.5. The number of guanidine groups is 1. The van der Waals surface area contributed by atoms with Gasteiger partial charge in [0, 0.05) is 37.7 Å². The molecule has 0 bridgehead atoms. The molecule has 2 N–H and O–H groups in total. The van der Waals surface area contributed by atoms with Crippen molar-refractivity contribution in [3.8, 4) is 17.2 Å². The number of methoxy groups -OCH3 is 1. The molecule has 1 heterocycles. The summed E-state index contributed by atoms with van der Waals surface area (Å²) in [6.07, 6.45) is 2.45. The molecule has 0 aliphatic rings. The lowest BCUT2D eigenvalue weighted by Gasteiger charge is -2.14. The molecule has 2 aromatic carbocycles. The number of aliphatic imine (C=N–C) groups is 1. The Balaban J connectivity index is 1.50. The zero-order valence-corrected chi connectivity index (χ0v) is 17.5. The lowest BCUT2D eigenvalue weighted by Crippen LogP contribution is -2.37. The Morgan fingerprint density at radius 2 is 1.83 bits per heavy atom. The number of aryl methyl sites for hydroxylation is 2. The number of nitrogens with zero attached hydrogens (tertiary/aromatic N) is 2. The van der Waals surface area contributed by atoms with E-state index in [9.17, 15) is 0 Å². The van der Waals surface area contributed by atoms with Crippen LogP contribution in [0.2, 0.25) is 0 Å². The van der Waals surface area contributed by atoms with Gasteiger partial charge in [-0.2, -0.15) is 0 Å².